The van der Waals surface area contributed by atoms with E-state index in [9.17, 15) is 0 Å². The third-order valence-electron chi connectivity index (χ3n) is 1.56. The lowest BCUT2D eigenvalue weighted by Crippen LogP contribution is -1.92. The van der Waals surface area contributed by atoms with E-state index in [4.69, 9.17) is 9.47 Å². The van der Waals surface area contributed by atoms with Crippen LogP contribution in [-0.2, 0) is 0 Å². The molecule has 0 saturated heterocycles. The topological polar surface area (TPSA) is 18.5 Å². The molecule has 0 saturated carbocycles. The van der Waals surface area contributed by atoms with Gasteiger partial charge in [-0.1, -0.05) is 5.92 Å². The van der Waals surface area contributed by atoms with E-state index in [1.807, 2.05) is 18.2 Å². The maximum Gasteiger partial charge on any atom is 0.231 e. The second kappa shape index (κ2) is 3.08. The zero-order valence-electron chi connectivity index (χ0n) is 6.13. The molecule has 0 aliphatic carbocycles. The van der Waals surface area contributed by atoms with E-state index in [1.54, 1.807) is 0 Å². The first kappa shape index (κ1) is 7.51. The number of benzene rings is 1. The zero-order valence-corrected chi connectivity index (χ0v) is 7.72. The number of fused-ring (bicyclic) bond motifs is 1. The molecule has 1 heterocycles. The minimum absolute atomic E-state index is 0.306. The van der Waals surface area contributed by atoms with Crippen molar-refractivity contribution >= 4 is 15.9 Å². The zero-order chi connectivity index (χ0) is 8.39. The van der Waals surface area contributed by atoms with Gasteiger partial charge in [0.15, 0.2) is 11.5 Å². The lowest BCUT2D eigenvalue weighted by molar-refractivity contribution is 0.174. The van der Waals surface area contributed by atoms with E-state index in [0.717, 1.165) is 17.1 Å². The van der Waals surface area contributed by atoms with Crippen molar-refractivity contribution in [3.8, 4) is 22.2 Å². The highest BCUT2D eigenvalue weighted by Crippen LogP contribution is 2.32. The number of rotatable bonds is 0. The molecule has 2 nitrogen and oxygen atoms in total. The standard InChI is InChI=1S/C9H5BrO2/c10-4-3-7-1-2-8-9(5-7)12-6-11-8/h1-2,5H,6H2. The summed E-state index contributed by atoms with van der Waals surface area (Å²) < 4.78 is 10.3. The molecule has 0 radical (unpaired) electrons. The van der Waals surface area contributed by atoms with Crippen molar-refractivity contribution in [1.82, 2.24) is 0 Å². The Morgan fingerprint density at radius 3 is 2.92 bits per heavy atom. The molecule has 1 aliphatic rings. The van der Waals surface area contributed by atoms with Crippen LogP contribution in [0.15, 0.2) is 18.2 Å². The van der Waals surface area contributed by atoms with Crippen LogP contribution in [-0.4, -0.2) is 6.79 Å². The fraction of sp³-hybridized carbons (Fsp3) is 0.111. The van der Waals surface area contributed by atoms with E-state index in [-0.39, 0.29) is 0 Å². The summed E-state index contributed by atoms with van der Waals surface area (Å²) in [4.78, 5) is 2.64. The van der Waals surface area contributed by atoms with Crippen LogP contribution in [0, 0.1) is 10.8 Å². The Morgan fingerprint density at radius 2 is 2.08 bits per heavy atom. The average Bonchev–Trinajstić information content (AvgIpc) is 2.51. The molecular formula is C9H5BrO2. The molecule has 0 bridgehead atoms. The van der Waals surface area contributed by atoms with Crippen molar-refractivity contribution in [2.75, 3.05) is 6.79 Å². The molecule has 1 aliphatic heterocycles. The van der Waals surface area contributed by atoms with Crippen molar-refractivity contribution in [2.45, 2.75) is 0 Å². The van der Waals surface area contributed by atoms with E-state index in [2.05, 4.69) is 26.7 Å². The first-order valence-electron chi connectivity index (χ1n) is 3.41. The van der Waals surface area contributed by atoms with Gasteiger partial charge < -0.3 is 9.47 Å². The van der Waals surface area contributed by atoms with Crippen molar-refractivity contribution in [1.29, 1.82) is 0 Å². The summed E-state index contributed by atoms with van der Waals surface area (Å²) in [5, 5.41) is 0. The van der Waals surface area contributed by atoms with Gasteiger partial charge in [0.25, 0.3) is 0 Å². The maximum atomic E-state index is 5.18. The fourth-order valence-corrected chi connectivity index (χ4v) is 1.26. The number of hydrogen-bond donors (Lipinski definition) is 0. The summed E-state index contributed by atoms with van der Waals surface area (Å²) >= 11 is 3.03. The lowest BCUT2D eigenvalue weighted by Gasteiger charge is -1.94. The Morgan fingerprint density at radius 1 is 1.25 bits per heavy atom. The van der Waals surface area contributed by atoms with Crippen LogP contribution < -0.4 is 9.47 Å². The predicted octanol–water partition coefficient (Wildman–Crippen LogP) is 2.12. The van der Waals surface area contributed by atoms with E-state index < -0.39 is 0 Å². The quantitative estimate of drug-likeness (QED) is 0.629. The fourth-order valence-electron chi connectivity index (χ4n) is 1.03. The van der Waals surface area contributed by atoms with Crippen LogP contribution in [0.4, 0.5) is 0 Å². The van der Waals surface area contributed by atoms with Gasteiger partial charge in [-0.15, -0.1) is 0 Å². The summed E-state index contributed by atoms with van der Waals surface area (Å²) in [6, 6.07) is 5.60. The highest BCUT2D eigenvalue weighted by atomic mass is 79.9. The second-order valence-electron chi connectivity index (χ2n) is 2.29. The predicted molar refractivity (Wildman–Crippen MR) is 48.4 cm³/mol. The molecule has 0 atom stereocenters. The van der Waals surface area contributed by atoms with Gasteiger partial charge in [-0.2, -0.15) is 0 Å². The van der Waals surface area contributed by atoms with Crippen LogP contribution in [0.1, 0.15) is 5.56 Å². The molecule has 0 N–H and O–H groups in total. The molecule has 12 heavy (non-hydrogen) atoms. The Hall–Kier alpha value is -1.14. The monoisotopic (exact) mass is 224 g/mol. The molecule has 0 fully saturated rings. The highest BCUT2D eigenvalue weighted by Gasteiger charge is 2.11. The Labute approximate surface area is 78.6 Å². The van der Waals surface area contributed by atoms with Gasteiger partial charge in [-0.05, 0) is 23.0 Å². The minimum Gasteiger partial charge on any atom is -0.454 e. The molecule has 0 spiro atoms. The summed E-state index contributed by atoms with van der Waals surface area (Å²) in [6.07, 6.45) is 0. The molecule has 60 valence electrons. The summed E-state index contributed by atoms with van der Waals surface area (Å²) in [7, 11) is 0. The molecule has 0 amide bonds. The van der Waals surface area contributed by atoms with Crippen LogP contribution in [0.25, 0.3) is 0 Å². The van der Waals surface area contributed by atoms with Gasteiger partial charge >= 0.3 is 0 Å². The molecule has 1 aromatic carbocycles. The second-order valence-corrected chi connectivity index (χ2v) is 2.68. The number of ether oxygens (including phenoxy) is 2. The number of halogens is 1. The van der Waals surface area contributed by atoms with E-state index in [0.29, 0.717) is 6.79 Å². The molecule has 2 rings (SSSR count). The van der Waals surface area contributed by atoms with Crippen LogP contribution in [0.5, 0.6) is 11.5 Å². The molecular weight excluding hydrogens is 220 g/mol. The van der Waals surface area contributed by atoms with E-state index in [1.165, 1.54) is 0 Å². The van der Waals surface area contributed by atoms with Crippen LogP contribution in [0.2, 0.25) is 0 Å². The number of hydrogen-bond acceptors (Lipinski definition) is 2. The van der Waals surface area contributed by atoms with Gasteiger partial charge in [0.1, 0.15) is 0 Å². The molecule has 3 heteroatoms. The van der Waals surface area contributed by atoms with Gasteiger partial charge in [0.05, 0.1) is 0 Å². The molecule has 0 aromatic heterocycles. The third kappa shape index (κ3) is 1.26. The van der Waals surface area contributed by atoms with Gasteiger partial charge in [-0.25, -0.2) is 0 Å². The van der Waals surface area contributed by atoms with Crippen LogP contribution in [0.3, 0.4) is 0 Å². The van der Waals surface area contributed by atoms with Crippen molar-refractivity contribution in [3.05, 3.63) is 23.8 Å². The highest BCUT2D eigenvalue weighted by molar-refractivity contribution is 9.12. The van der Waals surface area contributed by atoms with Gasteiger partial charge in [0.2, 0.25) is 6.79 Å². The SMILES string of the molecule is BrC#Cc1ccc2c(c1)OCO2. The normalized spacial score (nSPS) is 12.1. The largest absolute Gasteiger partial charge is 0.454 e. The summed E-state index contributed by atoms with van der Waals surface area (Å²) in [5.74, 6) is 4.42. The van der Waals surface area contributed by atoms with Gasteiger partial charge in [-0.3, -0.25) is 0 Å². The van der Waals surface area contributed by atoms with Crippen LogP contribution >= 0.6 is 15.9 Å². The average molecular weight is 225 g/mol. The third-order valence-corrected chi connectivity index (χ3v) is 1.76. The Bertz CT molecular complexity index is 363. The van der Waals surface area contributed by atoms with Gasteiger partial charge in [0, 0.05) is 21.5 Å². The molecule has 0 unspecified atom stereocenters. The maximum absolute atomic E-state index is 5.18. The summed E-state index contributed by atoms with van der Waals surface area (Å²) in [6.45, 7) is 0.306. The van der Waals surface area contributed by atoms with Crippen molar-refractivity contribution in [2.24, 2.45) is 0 Å². The minimum atomic E-state index is 0.306. The Balaban J connectivity index is 2.43. The Kier molecular flexibility index (Phi) is 1.92. The molecule has 1 aromatic rings. The summed E-state index contributed by atoms with van der Waals surface area (Å²) in [5.41, 5.74) is 0.913. The first-order chi connectivity index (χ1) is 5.90. The lowest BCUT2D eigenvalue weighted by atomic mass is 10.2. The first-order valence-corrected chi connectivity index (χ1v) is 4.21. The van der Waals surface area contributed by atoms with Crippen molar-refractivity contribution in [3.63, 3.8) is 0 Å². The smallest absolute Gasteiger partial charge is 0.231 e. The van der Waals surface area contributed by atoms with E-state index >= 15 is 0 Å². The van der Waals surface area contributed by atoms with Crippen molar-refractivity contribution < 1.29 is 9.47 Å².